The summed E-state index contributed by atoms with van der Waals surface area (Å²) in [5.41, 5.74) is 0.791. The molecule has 1 saturated heterocycles. The molecule has 3 nitrogen and oxygen atoms in total. The Labute approximate surface area is 124 Å². The Morgan fingerprint density at radius 2 is 2.17 bits per heavy atom. The predicted octanol–water partition coefficient (Wildman–Crippen LogP) is 3.39. The van der Waals surface area contributed by atoms with E-state index >= 15 is 0 Å². The van der Waals surface area contributed by atoms with Crippen molar-refractivity contribution in [2.45, 2.75) is 42.9 Å². The molecule has 0 aromatic carbocycles. The second-order valence-electron chi connectivity index (χ2n) is 4.43. The first-order chi connectivity index (χ1) is 8.52. The molecule has 0 aliphatic carbocycles. The number of rotatable bonds is 2. The minimum absolute atomic E-state index is 0.0614. The summed E-state index contributed by atoms with van der Waals surface area (Å²) in [6.45, 7) is 6.52. The molecule has 1 aromatic rings. The van der Waals surface area contributed by atoms with E-state index in [0.29, 0.717) is 20.2 Å². The molecule has 3 unspecified atom stereocenters. The van der Waals surface area contributed by atoms with Crippen molar-refractivity contribution in [3.63, 3.8) is 0 Å². The fraction of sp³-hybridized carbons (Fsp3) is 0.667. The topological polar surface area (TPSA) is 45.8 Å². The molecule has 2 rings (SSSR count). The van der Waals surface area contributed by atoms with Crippen LogP contribution in [0.5, 0.6) is 0 Å². The SMILES string of the molecule is CCc1nc(C2CSC(C)C(C)S2)[nH]c(=O)c1Br. The Morgan fingerprint density at radius 1 is 1.44 bits per heavy atom. The van der Waals surface area contributed by atoms with Gasteiger partial charge in [0, 0.05) is 16.3 Å². The number of nitrogens with one attached hydrogen (secondary N) is 1. The molecule has 2 heterocycles. The summed E-state index contributed by atoms with van der Waals surface area (Å²) < 4.78 is 0.573. The highest BCUT2D eigenvalue weighted by Gasteiger charge is 2.28. The quantitative estimate of drug-likeness (QED) is 0.889. The lowest BCUT2D eigenvalue weighted by atomic mass is 10.3. The van der Waals surface area contributed by atoms with Crippen LogP contribution in [-0.4, -0.2) is 26.2 Å². The van der Waals surface area contributed by atoms with Crippen LogP contribution >= 0.6 is 39.5 Å². The predicted molar refractivity (Wildman–Crippen MR) is 83.6 cm³/mol. The summed E-state index contributed by atoms with van der Waals surface area (Å²) in [7, 11) is 0. The Bertz CT molecular complexity index is 491. The lowest BCUT2D eigenvalue weighted by molar-refractivity contribution is 0.826. The van der Waals surface area contributed by atoms with E-state index in [4.69, 9.17) is 0 Å². The van der Waals surface area contributed by atoms with E-state index in [0.717, 1.165) is 23.7 Å². The van der Waals surface area contributed by atoms with Gasteiger partial charge in [0.1, 0.15) is 10.3 Å². The average molecular weight is 349 g/mol. The Hall–Kier alpha value is 0.0600. The van der Waals surface area contributed by atoms with Crippen molar-refractivity contribution in [1.82, 2.24) is 9.97 Å². The minimum atomic E-state index is -0.0614. The Kier molecular flexibility index (Phi) is 4.83. The lowest BCUT2D eigenvalue weighted by Gasteiger charge is -2.30. The number of hydrogen-bond acceptors (Lipinski definition) is 4. The van der Waals surface area contributed by atoms with Gasteiger partial charge in [-0.1, -0.05) is 20.8 Å². The summed E-state index contributed by atoms with van der Waals surface area (Å²) in [6, 6.07) is 0. The fourth-order valence-electron chi connectivity index (χ4n) is 1.84. The number of halogens is 1. The molecule has 1 fully saturated rings. The van der Waals surface area contributed by atoms with E-state index in [2.05, 4.69) is 39.7 Å². The van der Waals surface area contributed by atoms with Gasteiger partial charge in [0.15, 0.2) is 0 Å². The van der Waals surface area contributed by atoms with Crippen LogP contribution in [0.2, 0.25) is 0 Å². The fourth-order valence-corrected chi connectivity index (χ4v) is 5.17. The van der Waals surface area contributed by atoms with Crippen molar-refractivity contribution in [1.29, 1.82) is 0 Å². The first-order valence-electron chi connectivity index (χ1n) is 6.08. The van der Waals surface area contributed by atoms with E-state index in [1.165, 1.54) is 0 Å². The number of H-pyrrole nitrogens is 1. The van der Waals surface area contributed by atoms with Gasteiger partial charge in [-0.2, -0.15) is 11.8 Å². The zero-order valence-electron chi connectivity index (χ0n) is 10.7. The van der Waals surface area contributed by atoms with Crippen molar-refractivity contribution in [2.75, 3.05) is 5.75 Å². The second kappa shape index (κ2) is 6.01. The number of aryl methyl sites for hydroxylation is 1. The highest BCUT2D eigenvalue weighted by molar-refractivity contribution is 9.10. The molecule has 0 amide bonds. The number of aromatic amines is 1. The molecule has 1 aliphatic rings. The second-order valence-corrected chi connectivity index (χ2v) is 8.22. The summed E-state index contributed by atoms with van der Waals surface area (Å²) in [4.78, 5) is 19.4. The van der Waals surface area contributed by atoms with Crippen molar-refractivity contribution < 1.29 is 0 Å². The third kappa shape index (κ3) is 2.96. The summed E-state index contributed by atoms with van der Waals surface area (Å²) >= 11 is 7.17. The normalized spacial score (nSPS) is 28.3. The van der Waals surface area contributed by atoms with Gasteiger partial charge in [-0.05, 0) is 22.4 Å². The van der Waals surface area contributed by atoms with Crippen LogP contribution in [0.3, 0.4) is 0 Å². The van der Waals surface area contributed by atoms with Gasteiger partial charge in [0.25, 0.3) is 5.56 Å². The van der Waals surface area contributed by atoms with Crippen LogP contribution in [0.1, 0.15) is 37.5 Å². The molecule has 1 aliphatic heterocycles. The van der Waals surface area contributed by atoms with E-state index in [9.17, 15) is 4.79 Å². The summed E-state index contributed by atoms with van der Waals surface area (Å²) in [6.07, 6.45) is 0.772. The van der Waals surface area contributed by atoms with Gasteiger partial charge in [0.05, 0.1) is 10.9 Å². The molecule has 6 heteroatoms. The molecule has 1 N–H and O–H groups in total. The number of hydrogen-bond donors (Lipinski definition) is 1. The van der Waals surface area contributed by atoms with E-state index in [1.54, 1.807) is 0 Å². The third-order valence-electron chi connectivity index (χ3n) is 3.14. The summed E-state index contributed by atoms with van der Waals surface area (Å²) in [5.74, 6) is 1.85. The van der Waals surface area contributed by atoms with Crippen molar-refractivity contribution in [2.24, 2.45) is 0 Å². The molecular weight excluding hydrogens is 332 g/mol. The molecule has 3 atom stereocenters. The van der Waals surface area contributed by atoms with Crippen LogP contribution in [-0.2, 0) is 6.42 Å². The van der Waals surface area contributed by atoms with Gasteiger partial charge < -0.3 is 4.98 Å². The highest BCUT2D eigenvalue weighted by atomic mass is 79.9. The monoisotopic (exact) mass is 348 g/mol. The van der Waals surface area contributed by atoms with Gasteiger partial charge >= 0.3 is 0 Å². The average Bonchev–Trinajstić information content (AvgIpc) is 2.36. The smallest absolute Gasteiger partial charge is 0.265 e. The number of nitrogens with zero attached hydrogens (tertiary/aromatic N) is 1. The largest absolute Gasteiger partial charge is 0.309 e. The van der Waals surface area contributed by atoms with Crippen molar-refractivity contribution >= 4 is 39.5 Å². The lowest BCUT2D eigenvalue weighted by Crippen LogP contribution is -2.25. The van der Waals surface area contributed by atoms with Crippen LogP contribution in [0.25, 0.3) is 0 Å². The number of thioether (sulfide) groups is 2. The molecule has 1 aromatic heterocycles. The van der Waals surface area contributed by atoms with Crippen molar-refractivity contribution in [3.8, 4) is 0 Å². The first-order valence-corrected chi connectivity index (χ1v) is 8.87. The standard InChI is InChI=1S/C12H17BrN2OS2/c1-4-8-10(13)12(16)15-11(14-8)9-5-17-6(2)7(3)18-9/h6-7,9H,4-5H2,1-3H3,(H,14,15,16). The molecule has 18 heavy (non-hydrogen) atoms. The van der Waals surface area contributed by atoms with Gasteiger partial charge in [-0.15, -0.1) is 11.8 Å². The van der Waals surface area contributed by atoms with E-state index in [1.807, 2.05) is 30.4 Å². The Morgan fingerprint density at radius 3 is 2.78 bits per heavy atom. The minimum Gasteiger partial charge on any atom is -0.309 e. The maximum Gasteiger partial charge on any atom is 0.265 e. The van der Waals surface area contributed by atoms with Crippen LogP contribution in [0.15, 0.2) is 9.27 Å². The van der Waals surface area contributed by atoms with Crippen LogP contribution in [0.4, 0.5) is 0 Å². The maximum atomic E-state index is 11.8. The van der Waals surface area contributed by atoms with Crippen LogP contribution < -0.4 is 5.56 Å². The Balaban J connectivity index is 2.29. The van der Waals surface area contributed by atoms with Crippen LogP contribution in [0, 0.1) is 0 Å². The van der Waals surface area contributed by atoms with Crippen molar-refractivity contribution in [3.05, 3.63) is 26.3 Å². The molecule has 0 bridgehead atoms. The highest BCUT2D eigenvalue weighted by Crippen LogP contribution is 2.43. The molecular formula is C12H17BrN2OS2. The van der Waals surface area contributed by atoms with E-state index in [-0.39, 0.29) is 5.56 Å². The molecule has 0 spiro atoms. The molecule has 100 valence electrons. The summed E-state index contributed by atoms with van der Waals surface area (Å²) in [5, 5.41) is 1.55. The zero-order chi connectivity index (χ0) is 13.3. The molecule has 0 radical (unpaired) electrons. The molecule has 0 saturated carbocycles. The first kappa shape index (κ1) is 14.5. The number of aromatic nitrogens is 2. The van der Waals surface area contributed by atoms with Gasteiger partial charge in [0.2, 0.25) is 0 Å². The van der Waals surface area contributed by atoms with Gasteiger partial charge in [-0.25, -0.2) is 4.98 Å². The van der Waals surface area contributed by atoms with E-state index < -0.39 is 0 Å². The van der Waals surface area contributed by atoms with Gasteiger partial charge in [-0.3, -0.25) is 4.79 Å². The zero-order valence-corrected chi connectivity index (χ0v) is 13.9. The maximum absolute atomic E-state index is 11.8. The third-order valence-corrected chi connectivity index (χ3v) is 7.36.